The predicted octanol–water partition coefficient (Wildman–Crippen LogP) is 3.67. The number of hydrogen-bond acceptors (Lipinski definition) is 2. The molecular formula is C17H21NO. The largest absolute Gasteiger partial charge is 0.508 e. The van der Waals surface area contributed by atoms with Crippen molar-refractivity contribution in [2.75, 3.05) is 0 Å². The van der Waals surface area contributed by atoms with E-state index >= 15 is 0 Å². The minimum atomic E-state index is 0.321. The van der Waals surface area contributed by atoms with Crippen molar-refractivity contribution in [3.05, 3.63) is 65.7 Å². The van der Waals surface area contributed by atoms with E-state index < -0.39 is 0 Å². The summed E-state index contributed by atoms with van der Waals surface area (Å²) in [6.07, 6.45) is 0.956. The van der Waals surface area contributed by atoms with Gasteiger partial charge in [-0.1, -0.05) is 42.5 Å². The standard InChI is InChI=1S/C17H21NO/c1-13(12-15-8-10-17(19)11-9-15)18-14(2)16-6-4-3-5-7-16/h3-11,13-14,18-19H,12H2,1-2H3/t13-,14-/m1/s1. The zero-order valence-electron chi connectivity index (χ0n) is 11.5. The molecule has 2 rings (SSSR count). The van der Waals surface area contributed by atoms with Gasteiger partial charge in [-0.3, -0.25) is 0 Å². The number of benzene rings is 2. The van der Waals surface area contributed by atoms with Crippen LogP contribution < -0.4 is 5.32 Å². The summed E-state index contributed by atoms with van der Waals surface area (Å²) in [5.74, 6) is 0.321. The molecule has 0 aliphatic carbocycles. The highest BCUT2D eigenvalue weighted by Crippen LogP contribution is 2.15. The van der Waals surface area contributed by atoms with Crippen LogP contribution in [0.15, 0.2) is 54.6 Å². The molecule has 2 N–H and O–H groups in total. The van der Waals surface area contributed by atoms with Crippen LogP contribution in [0.5, 0.6) is 5.75 Å². The van der Waals surface area contributed by atoms with E-state index in [9.17, 15) is 5.11 Å². The van der Waals surface area contributed by atoms with Crippen molar-refractivity contribution in [1.29, 1.82) is 0 Å². The SMILES string of the molecule is C[C@H](Cc1ccc(O)cc1)N[C@H](C)c1ccccc1. The summed E-state index contributed by atoms with van der Waals surface area (Å²) < 4.78 is 0. The van der Waals surface area contributed by atoms with Gasteiger partial charge in [-0.15, -0.1) is 0 Å². The van der Waals surface area contributed by atoms with Gasteiger partial charge in [0.15, 0.2) is 0 Å². The normalized spacial score (nSPS) is 14.0. The Kier molecular flexibility index (Phi) is 4.58. The Morgan fingerprint density at radius 3 is 2.21 bits per heavy atom. The Morgan fingerprint density at radius 1 is 0.947 bits per heavy atom. The summed E-state index contributed by atoms with van der Waals surface area (Å²) in [6.45, 7) is 4.37. The summed E-state index contributed by atoms with van der Waals surface area (Å²) in [5.41, 5.74) is 2.54. The molecule has 0 saturated carbocycles. The lowest BCUT2D eigenvalue weighted by Crippen LogP contribution is -2.30. The number of nitrogens with one attached hydrogen (secondary N) is 1. The van der Waals surface area contributed by atoms with Gasteiger partial charge in [0.2, 0.25) is 0 Å². The first-order valence-electron chi connectivity index (χ1n) is 6.74. The minimum Gasteiger partial charge on any atom is -0.508 e. The number of phenolic OH excluding ortho intramolecular Hbond substituents is 1. The third kappa shape index (κ3) is 4.11. The molecular weight excluding hydrogens is 234 g/mol. The number of aromatic hydroxyl groups is 1. The Hall–Kier alpha value is -1.80. The third-order valence-electron chi connectivity index (χ3n) is 3.31. The lowest BCUT2D eigenvalue weighted by Gasteiger charge is -2.20. The quantitative estimate of drug-likeness (QED) is 0.854. The average Bonchev–Trinajstić information content (AvgIpc) is 2.42. The molecule has 0 fully saturated rings. The molecule has 0 aromatic heterocycles. The zero-order chi connectivity index (χ0) is 13.7. The van der Waals surface area contributed by atoms with Gasteiger partial charge < -0.3 is 10.4 Å². The summed E-state index contributed by atoms with van der Waals surface area (Å²) in [4.78, 5) is 0. The van der Waals surface area contributed by atoms with Gasteiger partial charge in [-0.2, -0.15) is 0 Å². The molecule has 100 valence electrons. The molecule has 0 spiro atoms. The van der Waals surface area contributed by atoms with Crippen LogP contribution in [0.2, 0.25) is 0 Å². The van der Waals surface area contributed by atoms with Crippen molar-refractivity contribution in [2.24, 2.45) is 0 Å². The van der Waals surface area contributed by atoms with Gasteiger partial charge in [0.25, 0.3) is 0 Å². The van der Waals surface area contributed by atoms with E-state index in [4.69, 9.17) is 0 Å². The summed E-state index contributed by atoms with van der Waals surface area (Å²) >= 11 is 0. The van der Waals surface area contributed by atoms with E-state index in [1.54, 1.807) is 12.1 Å². The number of rotatable bonds is 5. The minimum absolute atomic E-state index is 0.321. The van der Waals surface area contributed by atoms with Gasteiger partial charge in [0.1, 0.15) is 5.75 Å². The van der Waals surface area contributed by atoms with Crippen molar-refractivity contribution in [3.8, 4) is 5.75 Å². The fraction of sp³-hybridized carbons (Fsp3) is 0.294. The summed E-state index contributed by atoms with van der Waals surface area (Å²) in [6, 6.07) is 18.6. The van der Waals surface area contributed by atoms with E-state index in [1.165, 1.54) is 11.1 Å². The summed E-state index contributed by atoms with van der Waals surface area (Å²) in [7, 11) is 0. The molecule has 2 atom stereocenters. The Bertz CT molecular complexity index is 492. The van der Waals surface area contributed by atoms with Gasteiger partial charge >= 0.3 is 0 Å². The van der Waals surface area contributed by atoms with Crippen LogP contribution in [0.1, 0.15) is 31.0 Å². The van der Waals surface area contributed by atoms with E-state index in [-0.39, 0.29) is 0 Å². The van der Waals surface area contributed by atoms with Crippen LogP contribution in [-0.4, -0.2) is 11.1 Å². The van der Waals surface area contributed by atoms with E-state index in [0.29, 0.717) is 17.8 Å². The van der Waals surface area contributed by atoms with Crippen molar-refractivity contribution in [2.45, 2.75) is 32.4 Å². The van der Waals surface area contributed by atoms with Crippen LogP contribution in [0.25, 0.3) is 0 Å². The molecule has 0 unspecified atom stereocenters. The highest BCUT2D eigenvalue weighted by atomic mass is 16.3. The molecule has 0 heterocycles. The van der Waals surface area contributed by atoms with Crippen molar-refractivity contribution < 1.29 is 5.11 Å². The topological polar surface area (TPSA) is 32.3 Å². The Balaban J connectivity index is 1.90. The molecule has 0 bridgehead atoms. The molecule has 0 saturated heterocycles. The highest BCUT2D eigenvalue weighted by molar-refractivity contribution is 5.26. The smallest absolute Gasteiger partial charge is 0.115 e. The fourth-order valence-corrected chi connectivity index (χ4v) is 2.31. The Labute approximate surface area is 115 Å². The van der Waals surface area contributed by atoms with Crippen molar-refractivity contribution >= 4 is 0 Å². The van der Waals surface area contributed by atoms with Crippen LogP contribution in [0, 0.1) is 0 Å². The second-order valence-corrected chi connectivity index (χ2v) is 5.07. The molecule has 19 heavy (non-hydrogen) atoms. The Morgan fingerprint density at radius 2 is 1.58 bits per heavy atom. The lowest BCUT2D eigenvalue weighted by molar-refractivity contribution is 0.470. The van der Waals surface area contributed by atoms with E-state index in [1.807, 2.05) is 18.2 Å². The van der Waals surface area contributed by atoms with Crippen LogP contribution in [-0.2, 0) is 6.42 Å². The maximum Gasteiger partial charge on any atom is 0.115 e. The van der Waals surface area contributed by atoms with Gasteiger partial charge in [-0.05, 0) is 43.5 Å². The molecule has 0 radical (unpaired) electrons. The molecule has 0 aliphatic heterocycles. The fourth-order valence-electron chi connectivity index (χ4n) is 2.31. The van der Waals surface area contributed by atoms with E-state index in [2.05, 4.69) is 43.4 Å². The lowest BCUT2D eigenvalue weighted by atomic mass is 10.0. The number of hydrogen-bond donors (Lipinski definition) is 2. The summed E-state index contributed by atoms with van der Waals surface area (Å²) in [5, 5.41) is 12.9. The molecule has 2 heteroatoms. The molecule has 0 aliphatic rings. The third-order valence-corrected chi connectivity index (χ3v) is 3.31. The highest BCUT2D eigenvalue weighted by Gasteiger charge is 2.09. The second-order valence-electron chi connectivity index (χ2n) is 5.07. The first-order valence-corrected chi connectivity index (χ1v) is 6.74. The molecule has 2 aromatic carbocycles. The average molecular weight is 255 g/mol. The first kappa shape index (κ1) is 13.6. The number of phenols is 1. The predicted molar refractivity (Wildman–Crippen MR) is 79.3 cm³/mol. The maximum atomic E-state index is 9.27. The second kappa shape index (κ2) is 6.39. The van der Waals surface area contributed by atoms with Crippen LogP contribution in [0.3, 0.4) is 0 Å². The van der Waals surface area contributed by atoms with Gasteiger partial charge in [0.05, 0.1) is 0 Å². The van der Waals surface area contributed by atoms with Crippen LogP contribution >= 0.6 is 0 Å². The van der Waals surface area contributed by atoms with Gasteiger partial charge in [-0.25, -0.2) is 0 Å². The maximum absolute atomic E-state index is 9.27. The zero-order valence-corrected chi connectivity index (χ0v) is 11.5. The molecule has 2 nitrogen and oxygen atoms in total. The molecule has 2 aromatic rings. The molecule has 0 amide bonds. The van der Waals surface area contributed by atoms with Crippen molar-refractivity contribution in [1.82, 2.24) is 5.32 Å². The van der Waals surface area contributed by atoms with Crippen molar-refractivity contribution in [3.63, 3.8) is 0 Å². The first-order chi connectivity index (χ1) is 9.15. The van der Waals surface area contributed by atoms with E-state index in [0.717, 1.165) is 6.42 Å². The van der Waals surface area contributed by atoms with Gasteiger partial charge in [0, 0.05) is 12.1 Å². The van der Waals surface area contributed by atoms with Crippen LogP contribution in [0.4, 0.5) is 0 Å². The monoisotopic (exact) mass is 255 g/mol.